The predicted octanol–water partition coefficient (Wildman–Crippen LogP) is 5.83. The van der Waals surface area contributed by atoms with Gasteiger partial charge in [0, 0.05) is 35.9 Å². The molecule has 1 saturated heterocycles. The summed E-state index contributed by atoms with van der Waals surface area (Å²) in [5, 5.41) is 5.72. The molecule has 11 heteroatoms. The maximum Gasteiger partial charge on any atom is 0.417 e. The zero-order valence-corrected chi connectivity index (χ0v) is 22.5. The third-order valence-corrected chi connectivity index (χ3v) is 7.24. The Hall–Kier alpha value is -2.69. The van der Waals surface area contributed by atoms with Crippen LogP contribution < -0.4 is 10.6 Å². The first kappa shape index (κ1) is 27.9. The van der Waals surface area contributed by atoms with E-state index in [9.17, 15) is 22.8 Å². The van der Waals surface area contributed by atoms with Gasteiger partial charge >= 0.3 is 6.18 Å². The number of hydrogen-bond donors (Lipinski definition) is 2. The topological polar surface area (TPSA) is 87.2 Å². The Labute approximate surface area is 213 Å². The molecule has 0 saturated carbocycles. The standard InChI is InChI=1S/C25H34F3N5O2S/c1-13(2)15(4)30-21(34)22-31-19(23(35)33-10-8-9-14(33)3)20(36-22)16-12-29-18(32-24(5,6)7)11-17(16)25(26,27)28/h11-15H,8-10H2,1-7H3,(H,29,32)(H,30,34)/t14-,15+/m0/s1. The highest BCUT2D eigenvalue weighted by Gasteiger charge is 2.38. The summed E-state index contributed by atoms with van der Waals surface area (Å²) in [5.41, 5.74) is -1.88. The van der Waals surface area contributed by atoms with Crippen molar-refractivity contribution in [1.29, 1.82) is 0 Å². The smallest absolute Gasteiger partial charge is 0.365 e. The van der Waals surface area contributed by atoms with Crippen molar-refractivity contribution in [2.45, 2.75) is 85.1 Å². The van der Waals surface area contributed by atoms with Crippen molar-refractivity contribution >= 4 is 29.0 Å². The van der Waals surface area contributed by atoms with E-state index < -0.39 is 29.1 Å². The summed E-state index contributed by atoms with van der Waals surface area (Å²) in [6, 6.07) is 0.690. The van der Waals surface area contributed by atoms with Crippen LogP contribution in [-0.4, -0.2) is 50.8 Å². The molecule has 0 radical (unpaired) electrons. The lowest BCUT2D eigenvalue weighted by Gasteiger charge is -2.23. The molecule has 7 nitrogen and oxygen atoms in total. The van der Waals surface area contributed by atoms with Crippen LogP contribution in [0, 0.1) is 5.92 Å². The number of alkyl halides is 3. The number of aromatic nitrogens is 2. The molecule has 1 fully saturated rings. The molecule has 0 bridgehead atoms. The molecule has 3 heterocycles. The minimum Gasteiger partial charge on any atom is -0.365 e. The van der Waals surface area contributed by atoms with E-state index in [0.717, 1.165) is 36.4 Å². The molecular formula is C25H34F3N5O2S. The highest BCUT2D eigenvalue weighted by Crippen LogP contribution is 2.42. The van der Waals surface area contributed by atoms with Gasteiger partial charge in [-0.15, -0.1) is 11.3 Å². The average Bonchev–Trinajstić information content (AvgIpc) is 3.38. The van der Waals surface area contributed by atoms with Gasteiger partial charge in [0.15, 0.2) is 5.01 Å². The molecule has 2 aromatic rings. The Kier molecular flexibility index (Phi) is 8.02. The van der Waals surface area contributed by atoms with Gasteiger partial charge < -0.3 is 15.5 Å². The fourth-order valence-electron chi connectivity index (χ4n) is 3.87. The van der Waals surface area contributed by atoms with Crippen molar-refractivity contribution in [3.05, 3.63) is 28.5 Å². The van der Waals surface area contributed by atoms with Crippen LogP contribution in [0.15, 0.2) is 12.3 Å². The Bertz CT molecular complexity index is 1120. The number of nitrogens with one attached hydrogen (secondary N) is 2. The molecule has 0 spiro atoms. The van der Waals surface area contributed by atoms with E-state index in [1.165, 1.54) is 0 Å². The van der Waals surface area contributed by atoms with Crippen molar-refractivity contribution in [3.63, 3.8) is 0 Å². The molecule has 0 aliphatic carbocycles. The van der Waals surface area contributed by atoms with E-state index in [0.29, 0.717) is 6.54 Å². The van der Waals surface area contributed by atoms with Crippen LogP contribution in [0.5, 0.6) is 0 Å². The number of thiazole rings is 1. The summed E-state index contributed by atoms with van der Waals surface area (Å²) < 4.78 is 42.7. The molecule has 3 rings (SSSR count). The summed E-state index contributed by atoms with van der Waals surface area (Å²) in [6.07, 6.45) is -2.01. The van der Waals surface area contributed by atoms with E-state index in [1.807, 2.05) is 48.5 Å². The van der Waals surface area contributed by atoms with Gasteiger partial charge in [-0.3, -0.25) is 9.59 Å². The normalized spacial score (nSPS) is 17.4. The fraction of sp³-hybridized carbons (Fsp3) is 0.600. The maximum atomic E-state index is 14.2. The number of carbonyl (C=O) groups excluding carboxylic acids is 2. The van der Waals surface area contributed by atoms with Gasteiger partial charge in [0.25, 0.3) is 11.8 Å². The molecule has 0 unspecified atom stereocenters. The third kappa shape index (κ3) is 6.35. The monoisotopic (exact) mass is 525 g/mol. The fourth-order valence-corrected chi connectivity index (χ4v) is 4.86. The first-order chi connectivity index (χ1) is 16.6. The molecule has 1 aliphatic rings. The summed E-state index contributed by atoms with van der Waals surface area (Å²) in [7, 11) is 0. The lowest BCUT2D eigenvalue weighted by molar-refractivity contribution is -0.137. The number of pyridine rings is 1. The lowest BCUT2D eigenvalue weighted by atomic mass is 10.0. The van der Waals surface area contributed by atoms with Gasteiger partial charge in [0.1, 0.15) is 11.5 Å². The summed E-state index contributed by atoms with van der Waals surface area (Å²) in [5.74, 6) is -0.799. The second-order valence-electron chi connectivity index (χ2n) is 10.7. The van der Waals surface area contributed by atoms with E-state index in [2.05, 4.69) is 20.6 Å². The van der Waals surface area contributed by atoms with Gasteiger partial charge in [-0.05, 0) is 59.4 Å². The molecule has 0 aromatic carbocycles. The number of nitrogens with zero attached hydrogens (tertiary/aromatic N) is 3. The molecule has 198 valence electrons. The number of carbonyl (C=O) groups is 2. The van der Waals surface area contributed by atoms with Crippen molar-refractivity contribution in [3.8, 4) is 10.4 Å². The first-order valence-corrected chi connectivity index (χ1v) is 12.9. The van der Waals surface area contributed by atoms with Gasteiger partial charge in [0.2, 0.25) is 0 Å². The van der Waals surface area contributed by atoms with Crippen LogP contribution in [0.25, 0.3) is 10.4 Å². The van der Waals surface area contributed by atoms with Gasteiger partial charge in [-0.25, -0.2) is 9.97 Å². The molecule has 2 atom stereocenters. The van der Waals surface area contributed by atoms with E-state index in [1.54, 1.807) is 4.90 Å². The molecule has 2 amide bonds. The number of anilines is 1. The zero-order chi connectivity index (χ0) is 27.0. The van der Waals surface area contributed by atoms with Crippen LogP contribution in [0.4, 0.5) is 19.0 Å². The largest absolute Gasteiger partial charge is 0.417 e. The Morgan fingerprint density at radius 2 is 1.86 bits per heavy atom. The van der Waals surface area contributed by atoms with E-state index >= 15 is 0 Å². The number of rotatable bonds is 6. The molecule has 36 heavy (non-hydrogen) atoms. The zero-order valence-electron chi connectivity index (χ0n) is 21.7. The summed E-state index contributed by atoms with van der Waals surface area (Å²) >= 11 is 0.781. The minimum atomic E-state index is -4.72. The number of halogens is 3. The first-order valence-electron chi connectivity index (χ1n) is 12.1. The Morgan fingerprint density at radius 3 is 2.39 bits per heavy atom. The number of amides is 2. The molecule has 2 N–H and O–H groups in total. The lowest BCUT2D eigenvalue weighted by Crippen LogP contribution is -2.36. The Morgan fingerprint density at radius 1 is 1.19 bits per heavy atom. The molecule has 1 aliphatic heterocycles. The van der Waals surface area contributed by atoms with Crippen LogP contribution in [0.1, 0.15) is 87.2 Å². The average molecular weight is 526 g/mol. The van der Waals surface area contributed by atoms with Crippen molar-refractivity contribution < 1.29 is 22.8 Å². The van der Waals surface area contributed by atoms with Crippen LogP contribution >= 0.6 is 11.3 Å². The van der Waals surface area contributed by atoms with Crippen LogP contribution in [-0.2, 0) is 6.18 Å². The summed E-state index contributed by atoms with van der Waals surface area (Å²) in [6.45, 7) is 13.5. The van der Waals surface area contributed by atoms with Crippen molar-refractivity contribution in [2.75, 3.05) is 11.9 Å². The second kappa shape index (κ2) is 10.4. The third-order valence-electron chi connectivity index (χ3n) is 6.15. The Balaban J connectivity index is 2.15. The summed E-state index contributed by atoms with van der Waals surface area (Å²) in [4.78, 5) is 36.5. The minimum absolute atomic E-state index is 0.0106. The number of likely N-dealkylation sites (tertiary alicyclic amines) is 1. The maximum absolute atomic E-state index is 14.2. The highest BCUT2D eigenvalue weighted by molar-refractivity contribution is 7.17. The van der Waals surface area contributed by atoms with Crippen LogP contribution in [0.2, 0.25) is 0 Å². The van der Waals surface area contributed by atoms with Crippen LogP contribution in [0.3, 0.4) is 0 Å². The highest BCUT2D eigenvalue weighted by atomic mass is 32.1. The number of hydrogen-bond acceptors (Lipinski definition) is 6. The SMILES string of the molecule is CC(C)[C@@H](C)NC(=O)c1nc(C(=O)N2CCC[C@@H]2C)c(-c2cnc(NC(C)(C)C)cc2C(F)(F)F)s1. The van der Waals surface area contributed by atoms with Gasteiger partial charge in [-0.2, -0.15) is 13.2 Å². The van der Waals surface area contributed by atoms with Crippen molar-refractivity contribution in [2.24, 2.45) is 5.92 Å². The van der Waals surface area contributed by atoms with Crippen molar-refractivity contribution in [1.82, 2.24) is 20.2 Å². The second-order valence-corrected chi connectivity index (χ2v) is 11.7. The van der Waals surface area contributed by atoms with E-state index in [4.69, 9.17) is 0 Å². The quantitative estimate of drug-likeness (QED) is 0.495. The van der Waals surface area contributed by atoms with Gasteiger partial charge in [-0.1, -0.05) is 13.8 Å². The van der Waals surface area contributed by atoms with E-state index in [-0.39, 0.29) is 45.0 Å². The predicted molar refractivity (Wildman–Crippen MR) is 135 cm³/mol. The molecule has 2 aromatic heterocycles. The molecular weight excluding hydrogens is 491 g/mol. The van der Waals surface area contributed by atoms with Gasteiger partial charge in [0.05, 0.1) is 10.4 Å².